The van der Waals surface area contributed by atoms with Crippen LogP contribution < -0.4 is 5.73 Å². The van der Waals surface area contributed by atoms with Crippen LogP contribution in [-0.2, 0) is 0 Å². The van der Waals surface area contributed by atoms with Crippen LogP contribution in [0.25, 0.3) is 0 Å². The second-order valence-electron chi connectivity index (χ2n) is 6.35. The molecule has 2 fully saturated rings. The van der Waals surface area contributed by atoms with Crippen LogP contribution in [0, 0.1) is 5.92 Å². The zero-order valence-corrected chi connectivity index (χ0v) is 11.0. The number of rotatable bonds is 3. The Morgan fingerprint density at radius 2 is 1.75 bits per heavy atom. The quantitative estimate of drug-likeness (QED) is 0.798. The van der Waals surface area contributed by atoms with Gasteiger partial charge in [-0.3, -0.25) is 0 Å². The van der Waals surface area contributed by atoms with Crippen LogP contribution in [0.2, 0.25) is 0 Å². The van der Waals surface area contributed by atoms with Crippen molar-refractivity contribution in [2.75, 3.05) is 13.1 Å². The Labute approximate surface area is 101 Å². The first kappa shape index (κ1) is 12.4. The van der Waals surface area contributed by atoms with Gasteiger partial charge < -0.3 is 10.6 Å². The molecule has 2 N–H and O–H groups in total. The van der Waals surface area contributed by atoms with Crippen molar-refractivity contribution < 1.29 is 0 Å². The molecule has 1 aliphatic carbocycles. The number of nitrogens with two attached hydrogens (primary N) is 1. The van der Waals surface area contributed by atoms with E-state index in [1.165, 1.54) is 58.0 Å². The second-order valence-corrected chi connectivity index (χ2v) is 6.35. The maximum absolute atomic E-state index is 6.47. The predicted molar refractivity (Wildman–Crippen MR) is 69.4 cm³/mol. The maximum atomic E-state index is 6.47. The zero-order valence-electron chi connectivity index (χ0n) is 11.0. The van der Waals surface area contributed by atoms with Gasteiger partial charge in [0.1, 0.15) is 0 Å². The molecule has 2 rings (SSSR count). The highest BCUT2D eigenvalue weighted by molar-refractivity contribution is 4.92. The average molecular weight is 224 g/mol. The second kappa shape index (κ2) is 5.05. The van der Waals surface area contributed by atoms with Gasteiger partial charge in [0, 0.05) is 11.6 Å². The van der Waals surface area contributed by atoms with Crippen molar-refractivity contribution in [2.45, 2.75) is 70.4 Å². The molecule has 1 saturated heterocycles. The minimum atomic E-state index is 0.213. The van der Waals surface area contributed by atoms with E-state index < -0.39 is 0 Å². The first-order chi connectivity index (χ1) is 7.59. The van der Waals surface area contributed by atoms with Gasteiger partial charge in [-0.1, -0.05) is 12.8 Å². The highest BCUT2D eigenvalue weighted by Crippen LogP contribution is 2.35. The van der Waals surface area contributed by atoms with Gasteiger partial charge in [0.25, 0.3) is 0 Å². The van der Waals surface area contributed by atoms with Crippen LogP contribution in [0.5, 0.6) is 0 Å². The lowest BCUT2D eigenvalue weighted by Crippen LogP contribution is -2.43. The number of hydrogen-bond acceptors (Lipinski definition) is 2. The van der Waals surface area contributed by atoms with Gasteiger partial charge in [-0.05, 0) is 65.0 Å². The monoisotopic (exact) mass is 224 g/mol. The maximum Gasteiger partial charge on any atom is 0.0157 e. The highest BCUT2D eigenvalue weighted by Gasteiger charge is 2.33. The number of nitrogens with zero attached hydrogens (tertiary/aromatic N) is 1. The summed E-state index contributed by atoms with van der Waals surface area (Å²) in [5.41, 5.74) is 6.68. The third-order valence-electron chi connectivity index (χ3n) is 4.67. The van der Waals surface area contributed by atoms with Crippen LogP contribution >= 0.6 is 0 Å². The summed E-state index contributed by atoms with van der Waals surface area (Å²) in [6, 6.07) is 0.722. The summed E-state index contributed by atoms with van der Waals surface area (Å²) in [5.74, 6) is 0.901. The van der Waals surface area contributed by atoms with Crippen LogP contribution in [0.1, 0.15) is 58.8 Å². The fourth-order valence-corrected chi connectivity index (χ4v) is 3.53. The molecule has 0 atom stereocenters. The summed E-state index contributed by atoms with van der Waals surface area (Å²) in [5, 5.41) is 0. The van der Waals surface area contributed by atoms with Gasteiger partial charge in [-0.2, -0.15) is 0 Å². The molecule has 1 saturated carbocycles. The molecule has 0 bridgehead atoms. The SMILES string of the molecule is CC(C)N1CCC(CC2(N)CCCC2)CC1. The van der Waals surface area contributed by atoms with Crippen molar-refractivity contribution >= 4 is 0 Å². The van der Waals surface area contributed by atoms with Gasteiger partial charge in [-0.25, -0.2) is 0 Å². The lowest BCUT2D eigenvalue weighted by molar-refractivity contribution is 0.132. The third-order valence-corrected chi connectivity index (χ3v) is 4.67. The first-order valence-corrected chi connectivity index (χ1v) is 7.12. The molecule has 0 aromatic carbocycles. The van der Waals surface area contributed by atoms with E-state index >= 15 is 0 Å². The Morgan fingerprint density at radius 1 is 1.19 bits per heavy atom. The first-order valence-electron chi connectivity index (χ1n) is 7.12. The molecular formula is C14H28N2. The van der Waals surface area contributed by atoms with E-state index in [1.54, 1.807) is 0 Å². The summed E-state index contributed by atoms with van der Waals surface area (Å²) in [6.45, 7) is 7.19. The molecule has 2 heteroatoms. The van der Waals surface area contributed by atoms with Crippen LogP contribution in [0.15, 0.2) is 0 Å². The molecule has 2 aliphatic rings. The molecule has 0 spiro atoms. The summed E-state index contributed by atoms with van der Waals surface area (Å²) in [6.07, 6.45) is 9.31. The van der Waals surface area contributed by atoms with Crippen LogP contribution in [0.3, 0.4) is 0 Å². The third kappa shape index (κ3) is 2.98. The topological polar surface area (TPSA) is 29.3 Å². The number of likely N-dealkylation sites (tertiary alicyclic amines) is 1. The van der Waals surface area contributed by atoms with E-state index in [0.29, 0.717) is 0 Å². The zero-order chi connectivity index (χ0) is 11.6. The van der Waals surface area contributed by atoms with Crippen LogP contribution in [-0.4, -0.2) is 29.6 Å². The van der Waals surface area contributed by atoms with Gasteiger partial charge in [0.15, 0.2) is 0 Å². The molecule has 0 aromatic heterocycles. The Balaban J connectivity index is 1.76. The smallest absolute Gasteiger partial charge is 0.0157 e. The van der Waals surface area contributed by atoms with Crippen molar-refractivity contribution in [1.82, 2.24) is 4.90 Å². The molecule has 94 valence electrons. The predicted octanol–water partition coefficient (Wildman–Crippen LogP) is 2.77. The van der Waals surface area contributed by atoms with E-state index in [9.17, 15) is 0 Å². The van der Waals surface area contributed by atoms with E-state index in [4.69, 9.17) is 5.73 Å². The van der Waals surface area contributed by atoms with Crippen molar-refractivity contribution in [1.29, 1.82) is 0 Å². The summed E-state index contributed by atoms with van der Waals surface area (Å²) < 4.78 is 0. The Bertz CT molecular complexity index is 211. The summed E-state index contributed by atoms with van der Waals surface area (Å²) >= 11 is 0. The fourth-order valence-electron chi connectivity index (χ4n) is 3.53. The number of piperidine rings is 1. The molecule has 0 amide bonds. The van der Waals surface area contributed by atoms with E-state index in [0.717, 1.165) is 12.0 Å². The number of hydrogen-bond donors (Lipinski definition) is 1. The molecule has 1 aliphatic heterocycles. The Kier molecular flexibility index (Phi) is 3.91. The molecular weight excluding hydrogens is 196 g/mol. The highest BCUT2D eigenvalue weighted by atomic mass is 15.1. The van der Waals surface area contributed by atoms with Gasteiger partial charge in [0.05, 0.1) is 0 Å². The molecule has 0 radical (unpaired) electrons. The summed E-state index contributed by atoms with van der Waals surface area (Å²) in [4.78, 5) is 2.61. The average Bonchev–Trinajstić information content (AvgIpc) is 2.65. The van der Waals surface area contributed by atoms with Crippen molar-refractivity contribution in [3.05, 3.63) is 0 Å². The largest absolute Gasteiger partial charge is 0.325 e. The van der Waals surface area contributed by atoms with E-state index in [-0.39, 0.29) is 5.54 Å². The van der Waals surface area contributed by atoms with E-state index in [2.05, 4.69) is 18.7 Å². The lowest BCUT2D eigenvalue weighted by atomic mass is 9.82. The molecule has 1 heterocycles. The van der Waals surface area contributed by atoms with Crippen molar-refractivity contribution in [2.24, 2.45) is 11.7 Å². The summed E-state index contributed by atoms with van der Waals surface area (Å²) in [7, 11) is 0. The van der Waals surface area contributed by atoms with Crippen LogP contribution in [0.4, 0.5) is 0 Å². The molecule has 0 unspecified atom stereocenters. The Hall–Kier alpha value is -0.0800. The molecule has 0 aromatic rings. The lowest BCUT2D eigenvalue weighted by Gasteiger charge is -2.37. The van der Waals surface area contributed by atoms with Gasteiger partial charge in [0.2, 0.25) is 0 Å². The van der Waals surface area contributed by atoms with Gasteiger partial charge >= 0.3 is 0 Å². The normalized spacial score (nSPS) is 27.8. The Morgan fingerprint density at radius 3 is 2.25 bits per heavy atom. The van der Waals surface area contributed by atoms with Crippen molar-refractivity contribution in [3.8, 4) is 0 Å². The van der Waals surface area contributed by atoms with Crippen molar-refractivity contribution in [3.63, 3.8) is 0 Å². The fraction of sp³-hybridized carbons (Fsp3) is 1.00. The van der Waals surface area contributed by atoms with E-state index in [1.807, 2.05) is 0 Å². The standard InChI is InChI=1S/C14H28N2/c1-12(2)16-9-5-13(6-10-16)11-14(15)7-3-4-8-14/h12-13H,3-11,15H2,1-2H3. The van der Waals surface area contributed by atoms with Gasteiger partial charge in [-0.15, -0.1) is 0 Å². The molecule has 16 heavy (non-hydrogen) atoms. The molecule has 2 nitrogen and oxygen atoms in total. The minimum Gasteiger partial charge on any atom is -0.325 e. The minimum absolute atomic E-state index is 0.213.